The molecule has 0 aliphatic rings. The van der Waals surface area contributed by atoms with Crippen molar-refractivity contribution in [1.82, 2.24) is 57.5 Å². The summed E-state index contributed by atoms with van der Waals surface area (Å²) in [5, 5.41) is 47.8. The Hall–Kier alpha value is -9.00. The summed E-state index contributed by atoms with van der Waals surface area (Å²) in [7, 11) is 0. The molecule has 21 N–H and O–H groups in total. The van der Waals surface area contributed by atoms with Crippen LogP contribution in [0.1, 0.15) is 89.3 Å². The molecule has 0 saturated heterocycles. The Morgan fingerprint density at radius 1 is 0.588 bits per heavy atom. The summed E-state index contributed by atoms with van der Waals surface area (Å²) in [5.74, 6) is -15.1. The second kappa shape index (κ2) is 32.7. The second-order valence-electron chi connectivity index (χ2n) is 19.1. The van der Waals surface area contributed by atoms with Crippen LogP contribution < -0.4 is 65.5 Å². The number of nitrogens with zero attached hydrogens (tertiary/aromatic N) is 1. The van der Waals surface area contributed by atoms with Gasteiger partial charge in [-0.1, -0.05) is 32.0 Å². The Morgan fingerprint density at radius 2 is 1.15 bits per heavy atom. The summed E-state index contributed by atoms with van der Waals surface area (Å²) >= 11 is 0. The van der Waals surface area contributed by atoms with E-state index in [4.69, 9.17) is 28.0 Å². The minimum Gasteiger partial charge on any atom is -0.481 e. The van der Waals surface area contributed by atoms with E-state index in [0.717, 1.165) is 0 Å². The molecular formula is C49H71N15O16. The number of imidazole rings is 1. The Kier molecular flexibility index (Phi) is 26.7. The third-order valence-corrected chi connectivity index (χ3v) is 12.0. The van der Waals surface area contributed by atoms with Gasteiger partial charge in [-0.15, -0.1) is 0 Å². The van der Waals surface area contributed by atoms with E-state index in [9.17, 15) is 72.5 Å². The fraction of sp³-hybridized carbons (Fsp3) is 0.510. The lowest BCUT2D eigenvalue weighted by molar-refractivity contribution is -0.143. The summed E-state index contributed by atoms with van der Waals surface area (Å²) in [4.78, 5) is 178. The molecule has 3 aromatic rings. The zero-order chi connectivity index (χ0) is 59.6. The van der Waals surface area contributed by atoms with Crippen LogP contribution in [0.25, 0.3) is 10.9 Å². The number of hydrogen-bond acceptors (Lipinski definition) is 16. The number of hydrogen-bond donors (Lipinski definition) is 17. The molecular weight excluding hydrogens is 1050 g/mol. The summed E-state index contributed by atoms with van der Waals surface area (Å²) in [6.45, 7) is 2.70. The van der Waals surface area contributed by atoms with Gasteiger partial charge < -0.3 is 90.8 Å². The standard InChI is InChI=1S/C49H71N15O16/c1-24(2)15-33(46(76)63-35(18-38(53)66)43(73)56-22-39(67)58-30(9-5-6-14-50)44(74)60-32(49(79)80)11-13-40(68)69)61-47(77)34(16-25-20-55-29-8-4-3-7-27(25)29)62-48(78)36(19-41(70)71)64-45(75)31(10-12-37(52)65)59-42(72)28(51)17-26-21-54-23-57-26/h3-4,7-8,20-21,23-24,28,30-36,55H,5-6,9-19,22,50-51H2,1-2H3,(H2,52,65)(H2,53,66)(H,54,57)(H,56,73)(H,58,67)(H,59,72)(H,60,74)(H,61,77)(H,62,78)(H,63,76)(H,64,75)(H,68,69)(H,70,71)(H,79,80). The lowest BCUT2D eigenvalue weighted by Crippen LogP contribution is -2.60. The van der Waals surface area contributed by atoms with E-state index in [2.05, 4.69) is 57.5 Å². The van der Waals surface area contributed by atoms with Crippen LogP contribution in [-0.4, -0.2) is 169 Å². The molecule has 0 radical (unpaired) electrons. The van der Waals surface area contributed by atoms with Gasteiger partial charge in [0.15, 0.2) is 0 Å². The first-order chi connectivity index (χ1) is 37.8. The van der Waals surface area contributed by atoms with Gasteiger partial charge in [-0.05, 0) is 62.6 Å². The van der Waals surface area contributed by atoms with Crippen molar-refractivity contribution in [2.45, 2.75) is 139 Å². The maximum absolute atomic E-state index is 14.5. The largest absolute Gasteiger partial charge is 0.481 e. The number of carboxylic acid groups (broad SMARTS) is 3. The van der Waals surface area contributed by atoms with Gasteiger partial charge in [0.1, 0.15) is 42.3 Å². The number of unbranched alkanes of at least 4 members (excludes halogenated alkanes) is 1. The van der Waals surface area contributed by atoms with Crippen LogP contribution in [-0.2, 0) is 75.2 Å². The van der Waals surface area contributed by atoms with Gasteiger partial charge in [0, 0.05) is 54.7 Å². The Bertz CT molecular complexity index is 2680. The van der Waals surface area contributed by atoms with Crippen molar-refractivity contribution >= 4 is 87.9 Å². The maximum Gasteiger partial charge on any atom is 0.326 e. The highest BCUT2D eigenvalue weighted by atomic mass is 16.4. The van der Waals surface area contributed by atoms with E-state index in [0.29, 0.717) is 28.6 Å². The molecule has 2 aromatic heterocycles. The lowest BCUT2D eigenvalue weighted by atomic mass is 10.00. The summed E-state index contributed by atoms with van der Waals surface area (Å²) in [6.07, 6.45) is 0.645. The molecule has 2 heterocycles. The first-order valence-electron chi connectivity index (χ1n) is 25.4. The number of H-pyrrole nitrogens is 2. The number of aliphatic carboxylic acids is 3. The average molecular weight is 1130 g/mol. The molecule has 0 fully saturated rings. The van der Waals surface area contributed by atoms with Gasteiger partial charge in [-0.3, -0.25) is 57.5 Å². The molecule has 0 aliphatic heterocycles. The van der Waals surface area contributed by atoms with Crippen molar-refractivity contribution in [2.75, 3.05) is 13.1 Å². The maximum atomic E-state index is 14.5. The number of nitrogens with one attached hydrogen (secondary N) is 10. The number of aromatic amines is 2. The Morgan fingerprint density at radius 3 is 1.74 bits per heavy atom. The predicted octanol–water partition coefficient (Wildman–Crippen LogP) is -4.75. The van der Waals surface area contributed by atoms with Gasteiger partial charge in [0.25, 0.3) is 0 Å². The van der Waals surface area contributed by atoms with Gasteiger partial charge >= 0.3 is 17.9 Å². The zero-order valence-electron chi connectivity index (χ0n) is 44.0. The van der Waals surface area contributed by atoms with Crippen LogP contribution in [0.4, 0.5) is 0 Å². The molecule has 438 valence electrons. The molecule has 0 bridgehead atoms. The predicted molar refractivity (Wildman–Crippen MR) is 280 cm³/mol. The van der Waals surface area contributed by atoms with E-state index < -0.39 is 170 Å². The van der Waals surface area contributed by atoms with E-state index >= 15 is 0 Å². The first kappa shape index (κ1) is 65.3. The fourth-order valence-corrected chi connectivity index (χ4v) is 7.97. The molecule has 80 heavy (non-hydrogen) atoms. The van der Waals surface area contributed by atoms with Gasteiger partial charge in [0.05, 0.1) is 31.8 Å². The zero-order valence-corrected chi connectivity index (χ0v) is 44.0. The third kappa shape index (κ3) is 22.9. The Labute approximate surface area is 457 Å². The second-order valence-corrected chi connectivity index (χ2v) is 19.1. The van der Waals surface area contributed by atoms with Crippen LogP contribution in [0.15, 0.2) is 43.0 Å². The molecule has 8 unspecified atom stereocenters. The fourth-order valence-electron chi connectivity index (χ4n) is 7.97. The van der Waals surface area contributed by atoms with Gasteiger partial charge in [-0.25, -0.2) is 9.78 Å². The van der Waals surface area contributed by atoms with Gasteiger partial charge in [-0.2, -0.15) is 0 Å². The summed E-state index contributed by atoms with van der Waals surface area (Å²) in [6, 6.07) is -5.84. The molecule has 0 spiro atoms. The van der Waals surface area contributed by atoms with Crippen molar-refractivity contribution in [3.8, 4) is 0 Å². The van der Waals surface area contributed by atoms with Crippen LogP contribution in [0, 0.1) is 5.92 Å². The number of fused-ring (bicyclic) bond motifs is 1. The number of carbonyl (C=O) groups is 13. The number of carboxylic acids is 3. The number of para-hydroxylation sites is 1. The number of carbonyl (C=O) groups excluding carboxylic acids is 10. The molecule has 31 nitrogen and oxygen atoms in total. The number of benzene rings is 1. The van der Waals surface area contributed by atoms with Crippen molar-refractivity contribution < 1.29 is 77.6 Å². The molecule has 8 atom stereocenters. The van der Waals surface area contributed by atoms with Gasteiger partial charge in [0.2, 0.25) is 59.1 Å². The van der Waals surface area contributed by atoms with Crippen molar-refractivity contribution in [3.05, 3.63) is 54.2 Å². The number of rotatable bonds is 37. The van der Waals surface area contributed by atoms with E-state index in [1.807, 2.05) is 0 Å². The highest BCUT2D eigenvalue weighted by molar-refractivity contribution is 5.99. The first-order valence-corrected chi connectivity index (χ1v) is 25.4. The van der Waals surface area contributed by atoms with E-state index in [1.54, 1.807) is 44.3 Å². The topological polar surface area (TPSA) is 527 Å². The SMILES string of the molecule is CC(C)CC(NC(=O)C(Cc1c[nH]c2ccccc12)NC(=O)C(CC(=O)O)NC(=O)C(CCC(N)=O)NC(=O)C(N)Cc1cnc[nH]1)C(=O)NC(CC(N)=O)C(=O)NCC(=O)NC(CCCCN)C(=O)NC(CCC(=O)O)C(=O)O. The third-order valence-electron chi connectivity index (χ3n) is 12.0. The Balaban J connectivity index is 1.88. The quantitative estimate of drug-likeness (QED) is 0.0241. The minimum atomic E-state index is -1.94. The van der Waals surface area contributed by atoms with Crippen LogP contribution in [0.5, 0.6) is 0 Å². The summed E-state index contributed by atoms with van der Waals surface area (Å²) in [5.41, 5.74) is 23.9. The van der Waals surface area contributed by atoms with Crippen LogP contribution >= 0.6 is 0 Å². The van der Waals surface area contributed by atoms with Crippen LogP contribution in [0.3, 0.4) is 0 Å². The van der Waals surface area contributed by atoms with Crippen molar-refractivity contribution in [2.24, 2.45) is 28.9 Å². The van der Waals surface area contributed by atoms with E-state index in [-0.39, 0.29) is 44.6 Å². The van der Waals surface area contributed by atoms with E-state index in [1.165, 1.54) is 12.5 Å². The molecule has 3 rings (SSSR count). The molecule has 10 amide bonds. The molecule has 1 aromatic carbocycles. The smallest absolute Gasteiger partial charge is 0.326 e. The highest BCUT2D eigenvalue weighted by Crippen LogP contribution is 2.20. The summed E-state index contributed by atoms with van der Waals surface area (Å²) < 4.78 is 0. The number of amides is 10. The monoisotopic (exact) mass is 1130 g/mol. The van der Waals surface area contributed by atoms with Crippen molar-refractivity contribution in [1.29, 1.82) is 0 Å². The number of aromatic nitrogens is 3. The van der Waals surface area contributed by atoms with Crippen LogP contribution in [0.2, 0.25) is 0 Å². The average Bonchev–Trinajstić information content (AvgIpc) is 4.06. The van der Waals surface area contributed by atoms with Crippen molar-refractivity contribution in [3.63, 3.8) is 0 Å². The lowest BCUT2D eigenvalue weighted by Gasteiger charge is -2.27. The molecule has 0 saturated carbocycles. The highest BCUT2D eigenvalue weighted by Gasteiger charge is 2.36. The normalized spacial score (nSPS) is 14.1. The molecule has 31 heteroatoms. The minimum absolute atomic E-state index is 0.0469. The molecule has 0 aliphatic carbocycles. The number of nitrogens with two attached hydrogens (primary N) is 4. The number of primary amides is 2.